The second-order valence-electron chi connectivity index (χ2n) is 6.75. The van der Waals surface area contributed by atoms with Gasteiger partial charge in [0.25, 0.3) is 0 Å². The van der Waals surface area contributed by atoms with Crippen molar-refractivity contribution in [2.75, 3.05) is 6.61 Å². The number of carbonyl (C=O) groups is 1. The van der Waals surface area contributed by atoms with Crippen LogP contribution in [0.5, 0.6) is 0 Å². The molecule has 0 radical (unpaired) electrons. The van der Waals surface area contributed by atoms with Crippen LogP contribution in [0.25, 0.3) is 17.0 Å². The SMILES string of the molecule is C=C(OCC)c1c(CBr)c(-c2ccc(C#N)cc2)nn1C(=O)OC(C)(C)C. The highest BCUT2D eigenvalue weighted by atomic mass is 79.9. The van der Waals surface area contributed by atoms with Gasteiger partial charge in [-0.3, -0.25) is 0 Å². The number of ether oxygens (including phenoxy) is 2. The molecule has 0 aliphatic heterocycles. The molecule has 0 atom stereocenters. The van der Waals surface area contributed by atoms with Crippen molar-refractivity contribution in [3.8, 4) is 17.3 Å². The number of hydrogen-bond acceptors (Lipinski definition) is 5. The van der Waals surface area contributed by atoms with E-state index in [9.17, 15) is 4.79 Å². The fraction of sp³-hybridized carbons (Fsp3) is 0.350. The summed E-state index contributed by atoms with van der Waals surface area (Å²) in [5, 5.41) is 13.9. The molecule has 27 heavy (non-hydrogen) atoms. The molecule has 2 aromatic rings. The van der Waals surface area contributed by atoms with Gasteiger partial charge in [0, 0.05) is 16.5 Å². The van der Waals surface area contributed by atoms with Crippen molar-refractivity contribution in [3.63, 3.8) is 0 Å². The zero-order valence-corrected chi connectivity index (χ0v) is 17.5. The van der Waals surface area contributed by atoms with Crippen LogP contribution in [-0.2, 0) is 14.8 Å². The minimum Gasteiger partial charge on any atom is -0.492 e. The number of benzene rings is 1. The van der Waals surface area contributed by atoms with Crippen molar-refractivity contribution in [2.24, 2.45) is 0 Å². The van der Waals surface area contributed by atoms with E-state index < -0.39 is 11.7 Å². The van der Waals surface area contributed by atoms with Gasteiger partial charge in [-0.15, -0.1) is 0 Å². The Morgan fingerprint density at radius 1 is 1.33 bits per heavy atom. The summed E-state index contributed by atoms with van der Waals surface area (Å²) in [6.07, 6.45) is -0.611. The number of nitrogens with zero attached hydrogens (tertiary/aromatic N) is 3. The zero-order valence-electron chi connectivity index (χ0n) is 15.9. The third kappa shape index (κ3) is 4.77. The monoisotopic (exact) mass is 431 g/mol. The summed E-state index contributed by atoms with van der Waals surface area (Å²) in [5.74, 6) is 0.338. The number of alkyl halides is 1. The van der Waals surface area contributed by atoms with Gasteiger partial charge < -0.3 is 9.47 Å². The lowest BCUT2D eigenvalue weighted by Crippen LogP contribution is -2.28. The van der Waals surface area contributed by atoms with Crippen molar-refractivity contribution < 1.29 is 14.3 Å². The minimum absolute atomic E-state index is 0.338. The predicted molar refractivity (Wildman–Crippen MR) is 107 cm³/mol. The summed E-state index contributed by atoms with van der Waals surface area (Å²) in [4.78, 5) is 12.7. The van der Waals surface area contributed by atoms with Crippen LogP contribution >= 0.6 is 15.9 Å². The number of halogens is 1. The van der Waals surface area contributed by atoms with Gasteiger partial charge in [-0.1, -0.05) is 34.6 Å². The number of hydrogen-bond donors (Lipinski definition) is 0. The average Bonchev–Trinajstić information content (AvgIpc) is 3.00. The predicted octanol–water partition coefficient (Wildman–Crippen LogP) is 5.11. The summed E-state index contributed by atoms with van der Waals surface area (Å²) in [6, 6.07) is 9.08. The Balaban J connectivity index is 2.64. The minimum atomic E-state index is -0.670. The lowest BCUT2D eigenvalue weighted by molar-refractivity contribution is 0.0511. The van der Waals surface area contributed by atoms with Crippen LogP contribution in [0.1, 0.15) is 44.5 Å². The average molecular weight is 432 g/mol. The summed E-state index contributed by atoms with van der Waals surface area (Å²) in [6.45, 7) is 11.6. The summed E-state index contributed by atoms with van der Waals surface area (Å²) >= 11 is 3.47. The van der Waals surface area contributed by atoms with E-state index in [4.69, 9.17) is 14.7 Å². The van der Waals surface area contributed by atoms with Crippen molar-refractivity contribution in [3.05, 3.63) is 47.7 Å². The highest BCUT2D eigenvalue weighted by Crippen LogP contribution is 2.32. The molecular formula is C20H22BrN3O3. The molecule has 0 fully saturated rings. The first-order valence-electron chi connectivity index (χ1n) is 8.45. The van der Waals surface area contributed by atoms with E-state index in [-0.39, 0.29) is 0 Å². The maximum atomic E-state index is 12.7. The van der Waals surface area contributed by atoms with Gasteiger partial charge in [-0.05, 0) is 39.8 Å². The fourth-order valence-electron chi connectivity index (χ4n) is 2.48. The van der Waals surface area contributed by atoms with Crippen molar-refractivity contribution in [1.29, 1.82) is 5.26 Å². The summed E-state index contributed by atoms with van der Waals surface area (Å²) in [7, 11) is 0. The normalized spacial score (nSPS) is 11.0. The fourth-order valence-corrected chi connectivity index (χ4v) is 3.01. The van der Waals surface area contributed by atoms with E-state index in [2.05, 4.69) is 33.7 Å². The van der Waals surface area contributed by atoms with Crippen LogP contribution < -0.4 is 0 Å². The molecule has 0 saturated carbocycles. The Bertz CT molecular complexity index is 887. The first-order chi connectivity index (χ1) is 12.7. The Morgan fingerprint density at radius 3 is 2.44 bits per heavy atom. The second-order valence-corrected chi connectivity index (χ2v) is 7.31. The number of rotatable bonds is 5. The van der Waals surface area contributed by atoms with Gasteiger partial charge in [0.05, 0.1) is 23.9 Å². The molecule has 1 heterocycles. The molecule has 0 aliphatic carbocycles. The Kier molecular flexibility index (Phi) is 6.45. The molecule has 1 aromatic heterocycles. The largest absolute Gasteiger partial charge is 0.492 e. The first-order valence-corrected chi connectivity index (χ1v) is 9.57. The van der Waals surface area contributed by atoms with Crippen LogP contribution in [0.3, 0.4) is 0 Å². The van der Waals surface area contributed by atoms with E-state index in [1.54, 1.807) is 45.0 Å². The molecule has 7 heteroatoms. The van der Waals surface area contributed by atoms with Gasteiger partial charge in [-0.25, -0.2) is 4.79 Å². The third-order valence-electron chi connectivity index (χ3n) is 3.55. The van der Waals surface area contributed by atoms with E-state index in [1.807, 2.05) is 6.92 Å². The molecule has 0 unspecified atom stereocenters. The van der Waals surface area contributed by atoms with Crippen LogP contribution in [0.4, 0.5) is 4.79 Å². The van der Waals surface area contributed by atoms with Gasteiger partial charge in [0.2, 0.25) is 0 Å². The van der Waals surface area contributed by atoms with Gasteiger partial charge in [-0.2, -0.15) is 15.0 Å². The maximum absolute atomic E-state index is 12.7. The molecule has 6 nitrogen and oxygen atoms in total. The van der Waals surface area contributed by atoms with E-state index in [0.29, 0.717) is 34.6 Å². The molecule has 0 amide bonds. The van der Waals surface area contributed by atoms with E-state index in [0.717, 1.165) is 11.1 Å². The number of carbonyl (C=O) groups excluding carboxylic acids is 1. The Hall–Kier alpha value is -2.59. The quantitative estimate of drug-likeness (QED) is 0.485. The van der Waals surface area contributed by atoms with Crippen LogP contribution in [0.15, 0.2) is 30.8 Å². The summed E-state index contributed by atoms with van der Waals surface area (Å²) < 4.78 is 12.2. The van der Waals surface area contributed by atoms with E-state index >= 15 is 0 Å². The third-order valence-corrected chi connectivity index (χ3v) is 4.11. The topological polar surface area (TPSA) is 77.1 Å². The van der Waals surface area contributed by atoms with Crippen molar-refractivity contribution in [2.45, 2.75) is 38.6 Å². The van der Waals surface area contributed by atoms with Crippen LogP contribution in [-0.4, -0.2) is 28.1 Å². The first kappa shape index (κ1) is 20.7. The Morgan fingerprint density at radius 2 is 1.96 bits per heavy atom. The van der Waals surface area contributed by atoms with Crippen molar-refractivity contribution in [1.82, 2.24) is 9.78 Å². The molecular weight excluding hydrogens is 410 g/mol. The van der Waals surface area contributed by atoms with Crippen LogP contribution in [0.2, 0.25) is 0 Å². The standard InChI is InChI=1S/C20H22BrN3O3/c1-6-26-13(2)18-16(11-21)17(15-9-7-14(12-22)8-10-15)23-24(18)19(25)27-20(3,4)5/h7-10H,2,6,11H2,1,3-5H3. The maximum Gasteiger partial charge on any atom is 0.435 e. The lowest BCUT2D eigenvalue weighted by Gasteiger charge is -2.20. The number of nitriles is 1. The van der Waals surface area contributed by atoms with Gasteiger partial charge in [0.1, 0.15) is 17.1 Å². The summed E-state index contributed by atoms with van der Waals surface area (Å²) in [5.41, 5.74) is 2.46. The zero-order chi connectivity index (χ0) is 20.2. The van der Waals surface area contributed by atoms with Gasteiger partial charge in [0.15, 0.2) is 0 Å². The molecule has 2 rings (SSSR count). The molecule has 1 aromatic carbocycles. The Labute approximate surface area is 167 Å². The molecule has 0 N–H and O–H groups in total. The molecule has 0 aliphatic rings. The second kappa shape index (κ2) is 8.40. The number of aromatic nitrogens is 2. The van der Waals surface area contributed by atoms with Gasteiger partial charge >= 0.3 is 6.09 Å². The van der Waals surface area contributed by atoms with Crippen LogP contribution in [0, 0.1) is 11.3 Å². The molecule has 0 spiro atoms. The van der Waals surface area contributed by atoms with Crippen molar-refractivity contribution >= 4 is 27.8 Å². The van der Waals surface area contributed by atoms with E-state index in [1.165, 1.54) is 4.68 Å². The molecule has 0 saturated heterocycles. The highest BCUT2D eigenvalue weighted by Gasteiger charge is 2.28. The smallest absolute Gasteiger partial charge is 0.435 e. The highest BCUT2D eigenvalue weighted by molar-refractivity contribution is 9.08. The molecule has 0 bridgehead atoms. The molecule has 142 valence electrons. The lowest BCUT2D eigenvalue weighted by atomic mass is 10.0.